The number of methoxy groups -OCH3 is 1. The molecule has 0 radical (unpaired) electrons. The van der Waals surface area contributed by atoms with E-state index < -0.39 is 67.4 Å². The van der Waals surface area contributed by atoms with E-state index in [4.69, 9.17) is 28.4 Å². The molecule has 14 nitrogen and oxygen atoms in total. The molecule has 1 aromatic rings. The first-order valence-corrected chi connectivity index (χ1v) is 12.7. The maximum atomic E-state index is 12.9. The van der Waals surface area contributed by atoms with Crippen molar-refractivity contribution in [3.8, 4) is 5.75 Å². The molecule has 226 valence electrons. The number of aromatic hydroxyl groups is 1. The van der Waals surface area contributed by atoms with Crippen LogP contribution in [0.15, 0.2) is 47.7 Å². The summed E-state index contributed by atoms with van der Waals surface area (Å²) in [7, 11) is 1.13. The summed E-state index contributed by atoms with van der Waals surface area (Å²) in [5, 5.41) is 49.5. The van der Waals surface area contributed by atoms with Gasteiger partial charge in [-0.1, -0.05) is 12.1 Å². The molecule has 0 unspecified atom stereocenters. The van der Waals surface area contributed by atoms with Crippen LogP contribution in [0, 0.1) is 5.92 Å². The van der Waals surface area contributed by atoms with Gasteiger partial charge >= 0.3 is 17.9 Å². The van der Waals surface area contributed by atoms with Crippen molar-refractivity contribution in [2.24, 2.45) is 5.92 Å². The zero-order valence-electron chi connectivity index (χ0n) is 22.5. The van der Waals surface area contributed by atoms with Crippen molar-refractivity contribution in [3.05, 3.63) is 53.3 Å². The molecule has 0 aromatic heterocycles. The number of ether oxygens (including phenoxy) is 6. The first kappa shape index (κ1) is 32.0. The second kappa shape index (κ2) is 14.9. The number of carbonyl (C=O) groups excluding carboxylic acids is 3. The van der Waals surface area contributed by atoms with Crippen LogP contribution in [0.4, 0.5) is 0 Å². The highest BCUT2D eigenvalue weighted by atomic mass is 16.8. The van der Waals surface area contributed by atoms with Crippen LogP contribution in [-0.2, 0) is 49.2 Å². The van der Waals surface area contributed by atoms with Gasteiger partial charge in [-0.2, -0.15) is 0 Å². The Morgan fingerprint density at radius 2 is 1.73 bits per heavy atom. The van der Waals surface area contributed by atoms with Gasteiger partial charge in [-0.05, 0) is 23.8 Å². The number of phenols is 1. The Bertz CT molecular complexity index is 1110. The summed E-state index contributed by atoms with van der Waals surface area (Å²) in [5.74, 6) is -3.09. The van der Waals surface area contributed by atoms with Crippen molar-refractivity contribution in [2.75, 3.05) is 26.9 Å². The Kier molecular flexibility index (Phi) is 11.6. The van der Waals surface area contributed by atoms with Crippen molar-refractivity contribution in [3.63, 3.8) is 0 Å². The Balaban J connectivity index is 1.82. The standard InChI is InChI=1S/C27H34O14/c1-14(29)37-10-8-17-18(11-21(31)38-9-7-15-3-5-16(30)6-4-15)19(25(35)36-2)13-39-26(17)41-27-24(34)23(33)22(32)20(12-28)40-27/h3-6,8,13,18,20,22-24,26-28,30,32-34H,7,9-12H2,1-2H3/t18-,20+,22+,23-,24+,26-,27-/m0/s1. The Hall–Kier alpha value is -3.53. The number of aliphatic hydroxyl groups excluding tert-OH is 4. The lowest BCUT2D eigenvalue weighted by Gasteiger charge is -2.42. The van der Waals surface area contributed by atoms with Crippen molar-refractivity contribution in [2.45, 2.75) is 56.8 Å². The lowest BCUT2D eigenvalue weighted by atomic mass is 9.86. The topological polar surface area (TPSA) is 208 Å². The van der Waals surface area contributed by atoms with E-state index in [1.807, 2.05) is 0 Å². The van der Waals surface area contributed by atoms with Crippen molar-refractivity contribution in [1.29, 1.82) is 0 Å². The third-order valence-corrected chi connectivity index (χ3v) is 6.46. The molecule has 1 fully saturated rings. The van der Waals surface area contributed by atoms with E-state index in [0.29, 0.717) is 6.42 Å². The van der Waals surface area contributed by atoms with Gasteiger partial charge in [-0.15, -0.1) is 0 Å². The van der Waals surface area contributed by atoms with E-state index in [-0.39, 0.29) is 36.5 Å². The number of rotatable bonds is 11. The number of aliphatic hydroxyl groups is 4. The van der Waals surface area contributed by atoms with E-state index in [2.05, 4.69) is 0 Å². The lowest BCUT2D eigenvalue weighted by Crippen LogP contribution is -2.60. The molecule has 2 aliphatic heterocycles. The summed E-state index contributed by atoms with van der Waals surface area (Å²) < 4.78 is 31.9. The fourth-order valence-electron chi connectivity index (χ4n) is 4.25. The first-order valence-electron chi connectivity index (χ1n) is 12.7. The molecule has 0 saturated carbocycles. The van der Waals surface area contributed by atoms with Gasteiger partial charge in [0.05, 0.1) is 38.6 Å². The summed E-state index contributed by atoms with van der Waals surface area (Å²) in [6.07, 6.45) is -7.11. The van der Waals surface area contributed by atoms with Crippen LogP contribution in [-0.4, -0.2) is 107 Å². The van der Waals surface area contributed by atoms with Gasteiger partial charge in [0, 0.05) is 24.8 Å². The highest BCUT2D eigenvalue weighted by Gasteiger charge is 2.47. The predicted molar refractivity (Wildman–Crippen MR) is 135 cm³/mol. The van der Waals surface area contributed by atoms with Gasteiger partial charge in [0.1, 0.15) is 36.8 Å². The van der Waals surface area contributed by atoms with Gasteiger partial charge in [-0.25, -0.2) is 4.79 Å². The van der Waals surface area contributed by atoms with Crippen LogP contribution in [0.25, 0.3) is 0 Å². The molecule has 5 N–H and O–H groups in total. The van der Waals surface area contributed by atoms with Gasteiger partial charge in [0.2, 0.25) is 6.29 Å². The monoisotopic (exact) mass is 582 g/mol. The highest BCUT2D eigenvalue weighted by Crippen LogP contribution is 2.36. The molecule has 2 aliphatic rings. The highest BCUT2D eigenvalue weighted by molar-refractivity contribution is 5.90. The Morgan fingerprint density at radius 3 is 2.37 bits per heavy atom. The quantitative estimate of drug-likeness (QED) is 0.123. The number of benzene rings is 1. The van der Waals surface area contributed by atoms with Crippen molar-refractivity contribution >= 4 is 17.9 Å². The summed E-state index contributed by atoms with van der Waals surface area (Å²) in [6, 6.07) is 6.36. The minimum absolute atomic E-state index is 0.00138. The number of esters is 3. The zero-order valence-corrected chi connectivity index (χ0v) is 22.5. The number of hydrogen-bond acceptors (Lipinski definition) is 14. The molecule has 0 spiro atoms. The zero-order chi connectivity index (χ0) is 30.1. The maximum absolute atomic E-state index is 12.9. The Labute approximate surface area is 235 Å². The molecule has 3 rings (SSSR count). The van der Waals surface area contributed by atoms with E-state index >= 15 is 0 Å². The molecule has 7 atom stereocenters. The van der Waals surface area contributed by atoms with Crippen LogP contribution in [0.2, 0.25) is 0 Å². The molecule has 0 aliphatic carbocycles. The number of hydrogen-bond donors (Lipinski definition) is 5. The van der Waals surface area contributed by atoms with Crippen LogP contribution in [0.5, 0.6) is 5.75 Å². The molecule has 0 bridgehead atoms. The van der Waals surface area contributed by atoms with Gasteiger partial charge in [0.25, 0.3) is 0 Å². The summed E-state index contributed by atoms with van der Waals surface area (Å²) in [6.45, 7) is 0.182. The molecule has 1 aromatic carbocycles. The molecular formula is C27H34O14. The van der Waals surface area contributed by atoms with Gasteiger partial charge < -0.3 is 54.0 Å². The summed E-state index contributed by atoms with van der Waals surface area (Å²) in [5.41, 5.74) is 0.846. The number of phenolic OH excluding ortho intramolecular Hbond substituents is 1. The SMILES string of the molecule is COC(=O)C1=CO[C@@H](O[C@@H]2O[C@H](CO)[C@@H](O)[C@H](O)[C@H]2O)C(=CCOC(C)=O)[C@@H]1CC(=O)OCCc1ccc(O)cc1. The lowest BCUT2D eigenvalue weighted by molar-refractivity contribution is -0.327. The average Bonchev–Trinajstić information content (AvgIpc) is 2.95. The number of carbonyl (C=O) groups is 3. The maximum Gasteiger partial charge on any atom is 0.337 e. The van der Waals surface area contributed by atoms with Crippen LogP contribution < -0.4 is 0 Å². The second-order valence-corrected chi connectivity index (χ2v) is 9.27. The molecule has 14 heteroatoms. The summed E-state index contributed by atoms with van der Waals surface area (Å²) >= 11 is 0. The van der Waals surface area contributed by atoms with Crippen LogP contribution >= 0.6 is 0 Å². The molecule has 2 heterocycles. The van der Waals surface area contributed by atoms with E-state index in [1.54, 1.807) is 12.1 Å². The smallest absolute Gasteiger partial charge is 0.337 e. The third kappa shape index (κ3) is 8.48. The predicted octanol–water partition coefficient (Wildman–Crippen LogP) is -0.797. The Morgan fingerprint density at radius 1 is 1.02 bits per heavy atom. The van der Waals surface area contributed by atoms with Gasteiger partial charge in [0.15, 0.2) is 6.29 Å². The van der Waals surface area contributed by atoms with E-state index in [9.17, 15) is 39.9 Å². The normalized spacial score (nSPS) is 28.8. The third-order valence-electron chi connectivity index (χ3n) is 6.46. The fraction of sp³-hybridized carbons (Fsp3) is 0.519. The largest absolute Gasteiger partial charge is 0.508 e. The fourth-order valence-corrected chi connectivity index (χ4v) is 4.25. The molecule has 1 saturated heterocycles. The second-order valence-electron chi connectivity index (χ2n) is 9.27. The molecular weight excluding hydrogens is 548 g/mol. The minimum Gasteiger partial charge on any atom is -0.508 e. The van der Waals surface area contributed by atoms with Crippen LogP contribution in [0.3, 0.4) is 0 Å². The average molecular weight is 583 g/mol. The van der Waals surface area contributed by atoms with Gasteiger partial charge in [-0.3, -0.25) is 9.59 Å². The van der Waals surface area contributed by atoms with Crippen LogP contribution in [0.1, 0.15) is 18.9 Å². The van der Waals surface area contributed by atoms with E-state index in [1.165, 1.54) is 25.1 Å². The summed E-state index contributed by atoms with van der Waals surface area (Å²) in [4.78, 5) is 36.8. The van der Waals surface area contributed by atoms with Crippen molar-refractivity contribution in [1.82, 2.24) is 0 Å². The van der Waals surface area contributed by atoms with E-state index in [0.717, 1.165) is 18.9 Å². The van der Waals surface area contributed by atoms with Crippen molar-refractivity contribution < 1.29 is 68.3 Å². The minimum atomic E-state index is -1.76. The first-order chi connectivity index (χ1) is 19.5. The molecule has 0 amide bonds. The molecule has 41 heavy (non-hydrogen) atoms.